The van der Waals surface area contributed by atoms with Crippen LogP contribution in [-0.2, 0) is 16.1 Å². The average molecular weight is 332 g/mol. The van der Waals surface area contributed by atoms with Crippen LogP contribution >= 0.6 is 0 Å². The maximum atomic E-state index is 14.1. The molecule has 0 aliphatic heterocycles. The molecule has 0 atom stereocenters. The Hall–Kier alpha value is -1.22. The van der Waals surface area contributed by atoms with Gasteiger partial charge in [0.15, 0.2) is 0 Å². The molecule has 2 saturated carbocycles. The Labute approximate surface area is 144 Å². The van der Waals surface area contributed by atoms with E-state index in [1.165, 1.54) is 38.5 Å². The largest absolute Gasteiger partial charge is 0.380 e. The van der Waals surface area contributed by atoms with Gasteiger partial charge in [-0.05, 0) is 80.8 Å². The monoisotopic (exact) mass is 332 g/mol. The highest BCUT2D eigenvalue weighted by Crippen LogP contribution is 2.43. The van der Waals surface area contributed by atoms with Gasteiger partial charge >= 0.3 is 0 Å². The smallest absolute Gasteiger partial charge is 0.129 e. The summed E-state index contributed by atoms with van der Waals surface area (Å²) in [6, 6.07) is 5.67. The van der Waals surface area contributed by atoms with Crippen molar-refractivity contribution in [2.24, 2.45) is 17.8 Å². The number of benzene rings is 1. The summed E-state index contributed by atoms with van der Waals surface area (Å²) in [4.78, 5) is 10.9. The molecule has 0 radical (unpaired) electrons. The molecule has 132 valence electrons. The molecular formula is C21H29FO2. The zero-order valence-corrected chi connectivity index (χ0v) is 14.7. The zero-order chi connectivity index (χ0) is 16.9. The summed E-state index contributed by atoms with van der Waals surface area (Å²) >= 11 is 0. The molecule has 0 N–H and O–H groups in total. The number of aldehydes is 1. The lowest BCUT2D eigenvalue weighted by Gasteiger charge is -2.37. The number of rotatable bonds is 5. The van der Waals surface area contributed by atoms with Crippen LogP contribution in [0.5, 0.6) is 0 Å². The summed E-state index contributed by atoms with van der Waals surface area (Å²) in [6.07, 6.45) is 10.6. The second-order valence-electron chi connectivity index (χ2n) is 7.71. The first-order valence-corrected chi connectivity index (χ1v) is 9.43. The van der Waals surface area contributed by atoms with Crippen molar-refractivity contribution < 1.29 is 13.9 Å². The third kappa shape index (κ3) is 4.05. The van der Waals surface area contributed by atoms with Crippen molar-refractivity contribution in [2.75, 3.05) is 7.11 Å². The maximum absolute atomic E-state index is 14.1. The minimum atomic E-state index is -0.136. The van der Waals surface area contributed by atoms with Crippen molar-refractivity contribution in [1.82, 2.24) is 0 Å². The van der Waals surface area contributed by atoms with Crippen molar-refractivity contribution in [3.05, 3.63) is 35.1 Å². The van der Waals surface area contributed by atoms with E-state index in [0.717, 1.165) is 36.5 Å². The van der Waals surface area contributed by atoms with Crippen molar-refractivity contribution in [1.29, 1.82) is 0 Å². The van der Waals surface area contributed by atoms with E-state index in [2.05, 4.69) is 6.07 Å². The predicted molar refractivity (Wildman–Crippen MR) is 93.3 cm³/mol. The van der Waals surface area contributed by atoms with Crippen LogP contribution in [0.25, 0.3) is 0 Å². The molecule has 0 spiro atoms. The number of hydrogen-bond donors (Lipinski definition) is 0. The Morgan fingerprint density at radius 2 is 1.67 bits per heavy atom. The van der Waals surface area contributed by atoms with Crippen molar-refractivity contribution in [3.8, 4) is 0 Å². The fourth-order valence-corrected chi connectivity index (χ4v) is 4.77. The van der Waals surface area contributed by atoms with Gasteiger partial charge < -0.3 is 9.53 Å². The molecule has 0 unspecified atom stereocenters. The van der Waals surface area contributed by atoms with Gasteiger partial charge in [-0.2, -0.15) is 0 Å². The Morgan fingerprint density at radius 1 is 1.04 bits per heavy atom. The lowest BCUT2D eigenvalue weighted by atomic mass is 9.68. The summed E-state index contributed by atoms with van der Waals surface area (Å²) in [6.45, 7) is 0.336. The Balaban J connectivity index is 1.53. The number of carbonyl (C=O) groups is 1. The second kappa shape index (κ2) is 8.24. The lowest BCUT2D eigenvalue weighted by Crippen LogP contribution is -2.25. The first-order chi connectivity index (χ1) is 11.7. The number of methoxy groups -OCH3 is 1. The first-order valence-electron chi connectivity index (χ1n) is 9.43. The topological polar surface area (TPSA) is 26.3 Å². The van der Waals surface area contributed by atoms with Gasteiger partial charge in [-0.1, -0.05) is 12.1 Å². The zero-order valence-electron chi connectivity index (χ0n) is 14.7. The summed E-state index contributed by atoms with van der Waals surface area (Å²) in [5.74, 6) is 2.29. The van der Waals surface area contributed by atoms with Crippen LogP contribution in [0.3, 0.4) is 0 Å². The van der Waals surface area contributed by atoms with E-state index in [1.54, 1.807) is 13.2 Å². The fraction of sp³-hybridized carbons (Fsp3) is 0.667. The SMILES string of the molecule is COCc1ccc(C2CCC(C3CCC(C=O)CC3)CC2)cc1F. The van der Waals surface area contributed by atoms with E-state index >= 15 is 0 Å². The molecule has 1 aromatic rings. The minimum absolute atomic E-state index is 0.136. The second-order valence-corrected chi connectivity index (χ2v) is 7.71. The Morgan fingerprint density at radius 3 is 2.21 bits per heavy atom. The molecule has 0 amide bonds. The summed E-state index contributed by atoms with van der Waals surface area (Å²) in [5, 5.41) is 0. The molecule has 0 saturated heterocycles. The highest BCUT2D eigenvalue weighted by atomic mass is 19.1. The maximum Gasteiger partial charge on any atom is 0.129 e. The first kappa shape index (κ1) is 17.6. The fourth-order valence-electron chi connectivity index (χ4n) is 4.77. The number of hydrogen-bond acceptors (Lipinski definition) is 2. The van der Waals surface area contributed by atoms with Gasteiger partial charge in [-0.3, -0.25) is 0 Å². The van der Waals surface area contributed by atoms with Crippen LogP contribution < -0.4 is 0 Å². The molecule has 0 aromatic heterocycles. The lowest BCUT2D eigenvalue weighted by molar-refractivity contribution is -0.112. The van der Waals surface area contributed by atoms with E-state index in [9.17, 15) is 9.18 Å². The molecule has 2 fully saturated rings. The molecule has 2 nitrogen and oxygen atoms in total. The van der Waals surface area contributed by atoms with Crippen LogP contribution in [0.1, 0.15) is 68.4 Å². The van der Waals surface area contributed by atoms with Gasteiger partial charge in [0.1, 0.15) is 12.1 Å². The molecular weight excluding hydrogens is 303 g/mol. The highest BCUT2D eigenvalue weighted by molar-refractivity contribution is 5.53. The average Bonchev–Trinajstić information content (AvgIpc) is 2.64. The molecule has 1 aromatic carbocycles. The van der Waals surface area contributed by atoms with Crippen LogP contribution in [0.15, 0.2) is 18.2 Å². The van der Waals surface area contributed by atoms with E-state index in [1.807, 2.05) is 6.07 Å². The Kier molecular flexibility index (Phi) is 6.04. The predicted octanol–water partition coefficient (Wildman–Crippen LogP) is 5.25. The third-order valence-electron chi connectivity index (χ3n) is 6.30. The van der Waals surface area contributed by atoms with E-state index in [-0.39, 0.29) is 5.82 Å². The number of carbonyl (C=O) groups excluding carboxylic acids is 1. The number of ether oxygens (including phenoxy) is 1. The van der Waals surface area contributed by atoms with Crippen molar-refractivity contribution >= 4 is 6.29 Å². The molecule has 0 heterocycles. The molecule has 24 heavy (non-hydrogen) atoms. The quantitative estimate of drug-likeness (QED) is 0.688. The molecule has 3 heteroatoms. The highest BCUT2D eigenvalue weighted by Gasteiger charge is 2.31. The molecule has 2 aliphatic carbocycles. The van der Waals surface area contributed by atoms with Crippen LogP contribution in [0.2, 0.25) is 0 Å². The van der Waals surface area contributed by atoms with E-state index < -0.39 is 0 Å². The van der Waals surface area contributed by atoms with Crippen molar-refractivity contribution in [2.45, 2.75) is 63.9 Å². The molecule has 0 bridgehead atoms. The summed E-state index contributed by atoms with van der Waals surface area (Å²) in [5.41, 5.74) is 1.79. The minimum Gasteiger partial charge on any atom is -0.380 e. The van der Waals surface area contributed by atoms with Gasteiger partial charge in [0, 0.05) is 18.6 Å². The van der Waals surface area contributed by atoms with Gasteiger partial charge in [0.2, 0.25) is 0 Å². The summed E-state index contributed by atoms with van der Waals surface area (Å²) < 4.78 is 19.2. The van der Waals surface area contributed by atoms with Crippen LogP contribution in [0, 0.1) is 23.6 Å². The van der Waals surface area contributed by atoms with Gasteiger partial charge in [0.25, 0.3) is 0 Å². The van der Waals surface area contributed by atoms with E-state index in [0.29, 0.717) is 24.0 Å². The molecule has 2 aliphatic rings. The molecule has 3 rings (SSSR count). The third-order valence-corrected chi connectivity index (χ3v) is 6.30. The van der Waals surface area contributed by atoms with E-state index in [4.69, 9.17) is 4.74 Å². The normalized spacial score (nSPS) is 30.9. The van der Waals surface area contributed by atoms with Gasteiger partial charge in [0.05, 0.1) is 6.61 Å². The van der Waals surface area contributed by atoms with Gasteiger partial charge in [-0.15, -0.1) is 0 Å². The van der Waals surface area contributed by atoms with Crippen LogP contribution in [-0.4, -0.2) is 13.4 Å². The summed E-state index contributed by atoms with van der Waals surface area (Å²) in [7, 11) is 1.59. The van der Waals surface area contributed by atoms with Crippen LogP contribution in [0.4, 0.5) is 4.39 Å². The standard InChI is InChI=1S/C21H29FO2/c1-24-14-20-11-10-19(12-21(20)22)18-8-6-17(7-9-18)16-4-2-15(13-23)3-5-16/h10-13,15-18H,2-9,14H2,1H3. The Bertz CT molecular complexity index is 541. The number of halogens is 1. The van der Waals surface area contributed by atoms with Crippen molar-refractivity contribution in [3.63, 3.8) is 0 Å². The van der Waals surface area contributed by atoms with Gasteiger partial charge in [-0.25, -0.2) is 4.39 Å².